The van der Waals surface area contributed by atoms with Crippen molar-refractivity contribution in [3.8, 4) is 70.0 Å². The van der Waals surface area contributed by atoms with Gasteiger partial charge in [-0.2, -0.15) is 4.99 Å². The van der Waals surface area contributed by atoms with Crippen molar-refractivity contribution in [1.82, 2.24) is 24.7 Å². The summed E-state index contributed by atoms with van der Waals surface area (Å²) in [5.74, 6) is 7.55. The molecule has 34 heteroatoms. The Morgan fingerprint density at radius 1 is 0.368 bits per heavy atom. The molecule has 2 aromatic heterocycles. The van der Waals surface area contributed by atoms with Crippen LogP contribution in [0.4, 0.5) is 5.69 Å². The molecule has 3 unspecified atom stereocenters. The van der Waals surface area contributed by atoms with Crippen LogP contribution in [0.5, 0.6) is 34.5 Å². The molecule has 1 aliphatic rings. The number of rotatable bonds is 31. The Hall–Kier alpha value is -12.6. The summed E-state index contributed by atoms with van der Waals surface area (Å²) >= 11 is 4.78. The molecule has 7 aromatic carbocycles. The standard InChI is InChI=1S/C80H69N6O24P3S/c87-75(88)46-105-61-39-69(107-48-77(91)92)67(70(40-61)108-49-78(93)94)24-20-55-33-59(82-73(37-55)112(101,102)64-12-6-2-7-13-64)44-85-28-26-84(43-57-32-54(17-16-53-18-22-58(23-19-53)81-52-114)35-66(36-57)111(99,100)63-10-4-1-5-11-63)27-29-86(31-30-85)45-60-34-56(38-74(83-60)113(103,104)65-14-8-3-9-15-65)21-25-68-71(109-50-79(95)96)41-62(106-47-76(89)90)42-72(68)110-51-80(97)98/h1-15,18-19,22-23,32-42H,26-31,43-51H2,(H,87,88)(H,89,90)(H,91,92)(H,93,94)(H,95,96)(H,97,98)(H,99,100)(H,101,102)(H,103,104). The summed E-state index contributed by atoms with van der Waals surface area (Å²) in [5, 5.41) is 60.1. The van der Waals surface area contributed by atoms with Gasteiger partial charge in [0.2, 0.25) is 0 Å². The number of nitrogens with zero attached hydrogens (tertiary/aromatic N) is 6. The Bertz CT molecular complexity index is 5210. The minimum absolute atomic E-state index is 0.00425. The van der Waals surface area contributed by atoms with Gasteiger partial charge in [0.05, 0.1) is 22.2 Å². The van der Waals surface area contributed by atoms with Crippen molar-refractivity contribution in [3.05, 3.63) is 232 Å². The summed E-state index contributed by atoms with van der Waals surface area (Å²) in [6.07, 6.45) is 0. The number of carboxylic acid groups (broad SMARTS) is 6. The number of pyridine rings is 2. The fourth-order valence-corrected chi connectivity index (χ4v) is 15.9. The predicted octanol–water partition coefficient (Wildman–Crippen LogP) is 5.67. The molecule has 1 aliphatic heterocycles. The summed E-state index contributed by atoms with van der Waals surface area (Å²) in [6.45, 7) is -4.23. The number of hydrogen-bond acceptors (Lipinski definition) is 22. The van der Waals surface area contributed by atoms with E-state index in [0.717, 1.165) is 24.3 Å². The SMILES string of the molecule is O=C(O)COc1cc(OCC(=O)O)c(C#Cc2cc(CN3CCN(Cc4cc(C#Cc5ccc(N=C=S)cc5)cc(P(=O)(O)c5ccccc5)c4)CCN(Cc4cc(C#Cc5c(OCC(=O)O)cc(OCC(=O)O)cc5OCC(=O)O)cc(P(=O)(O)c5ccccc5)n4)CC3)nc(P(=O)(O)c3ccccc3)c2)c(OCC(=O)O)c1. The maximum Gasteiger partial charge on any atom is 0.341 e. The van der Waals surface area contributed by atoms with Crippen LogP contribution in [-0.2, 0) is 62.1 Å². The van der Waals surface area contributed by atoms with Crippen LogP contribution in [0.3, 0.4) is 0 Å². The second kappa shape index (κ2) is 39.0. The number of carbonyl (C=O) groups is 6. The van der Waals surface area contributed by atoms with Crippen LogP contribution in [0.2, 0.25) is 0 Å². The molecule has 114 heavy (non-hydrogen) atoms. The van der Waals surface area contributed by atoms with Gasteiger partial charge in [0.15, 0.2) is 39.6 Å². The van der Waals surface area contributed by atoms with Gasteiger partial charge in [0.25, 0.3) is 22.1 Å². The average Bonchev–Trinajstić information content (AvgIpc) is 0.830. The van der Waals surface area contributed by atoms with Gasteiger partial charge in [0, 0.05) is 127 Å². The van der Waals surface area contributed by atoms with E-state index in [4.69, 9.17) is 50.6 Å². The summed E-state index contributed by atoms with van der Waals surface area (Å²) in [4.78, 5) is 127. The molecule has 0 bridgehead atoms. The van der Waals surface area contributed by atoms with E-state index in [1.807, 2.05) is 9.80 Å². The fraction of sp³-hybridized carbons (Fsp3) is 0.188. The fourth-order valence-electron chi connectivity index (χ4n) is 11.4. The number of thiocarbonyl (C=S) groups is 1. The highest BCUT2D eigenvalue weighted by Crippen LogP contribution is 2.42. The first-order valence-corrected chi connectivity index (χ1v) is 39.6. The summed E-state index contributed by atoms with van der Waals surface area (Å²) in [6, 6.07) is 45.4. The lowest BCUT2D eigenvalue weighted by Crippen LogP contribution is -2.36. The quantitative estimate of drug-likeness (QED) is 0.0109. The van der Waals surface area contributed by atoms with Crippen LogP contribution in [0.1, 0.15) is 50.3 Å². The molecule has 1 fully saturated rings. The molecule has 0 saturated carbocycles. The molecule has 9 N–H and O–H groups in total. The first kappa shape index (κ1) is 83.9. The van der Waals surface area contributed by atoms with E-state index in [9.17, 15) is 87.8 Å². The Labute approximate surface area is 656 Å². The minimum atomic E-state index is -4.61. The monoisotopic (exact) mass is 1620 g/mol. The van der Waals surface area contributed by atoms with Crippen molar-refractivity contribution >= 4 is 113 Å². The molecular weight excluding hydrogens is 1550 g/mol. The molecule has 0 amide bonds. The molecule has 9 aromatic rings. The van der Waals surface area contributed by atoms with Gasteiger partial charge in [-0.15, -0.1) is 0 Å². The van der Waals surface area contributed by atoms with Crippen LogP contribution in [0.15, 0.2) is 187 Å². The number of aromatic nitrogens is 2. The molecule has 0 spiro atoms. The molecule has 30 nitrogen and oxygen atoms in total. The average molecular weight is 1620 g/mol. The molecule has 10 rings (SSSR count). The van der Waals surface area contributed by atoms with E-state index in [0.29, 0.717) is 22.4 Å². The number of aliphatic carboxylic acids is 6. The second-order valence-corrected chi connectivity index (χ2v) is 31.7. The second-order valence-electron chi connectivity index (χ2n) is 25.0. The normalized spacial score (nSPS) is 13.9. The van der Waals surface area contributed by atoms with E-state index < -0.39 is 97.6 Å². The number of hydrogen-bond donors (Lipinski definition) is 9. The Balaban J connectivity index is 1.10. The zero-order valence-electron chi connectivity index (χ0n) is 60.0. The molecule has 1 saturated heterocycles. The van der Waals surface area contributed by atoms with E-state index in [1.165, 1.54) is 48.5 Å². The number of aliphatic imine (C=N–C) groups is 1. The first-order valence-electron chi connectivity index (χ1n) is 34.2. The molecule has 0 radical (unpaired) electrons. The van der Waals surface area contributed by atoms with Crippen molar-refractivity contribution < 1.29 is 116 Å². The smallest absolute Gasteiger partial charge is 0.341 e. The van der Waals surface area contributed by atoms with E-state index >= 15 is 0 Å². The number of isothiocyanates is 1. The molecule has 584 valence electrons. The van der Waals surface area contributed by atoms with Crippen molar-refractivity contribution in [2.75, 3.05) is 78.9 Å². The summed E-state index contributed by atoms with van der Waals surface area (Å²) < 4.78 is 77.5. The Morgan fingerprint density at radius 2 is 0.693 bits per heavy atom. The van der Waals surface area contributed by atoms with Gasteiger partial charge in [-0.3, -0.25) is 28.4 Å². The van der Waals surface area contributed by atoms with Crippen LogP contribution in [0, 0.1) is 35.5 Å². The van der Waals surface area contributed by atoms with Crippen molar-refractivity contribution in [1.29, 1.82) is 0 Å². The lowest BCUT2D eigenvalue weighted by atomic mass is 10.1. The number of benzene rings is 7. The van der Waals surface area contributed by atoms with Gasteiger partial charge >= 0.3 is 35.8 Å². The van der Waals surface area contributed by atoms with Gasteiger partial charge < -0.3 is 73.7 Å². The van der Waals surface area contributed by atoms with Crippen LogP contribution >= 0.6 is 34.3 Å². The van der Waals surface area contributed by atoms with Gasteiger partial charge in [-0.25, -0.2) is 38.7 Å². The number of carboxylic acids is 6. The molecule has 3 heterocycles. The number of ether oxygens (including phenoxy) is 6. The maximum atomic E-state index is 14.9. The van der Waals surface area contributed by atoms with Crippen LogP contribution in [0.25, 0.3) is 0 Å². The Morgan fingerprint density at radius 3 is 1.05 bits per heavy atom. The lowest BCUT2D eigenvalue weighted by Gasteiger charge is -2.26. The lowest BCUT2D eigenvalue weighted by molar-refractivity contribution is -0.140. The maximum absolute atomic E-state index is 14.9. The zero-order chi connectivity index (χ0) is 81.5. The molecule has 0 aliphatic carbocycles. The topological polar surface area (TPSA) is 439 Å². The first-order chi connectivity index (χ1) is 54.6. The van der Waals surface area contributed by atoms with Crippen LogP contribution in [-0.4, -0.2) is 190 Å². The third-order valence-corrected chi connectivity index (χ3v) is 22.4. The highest BCUT2D eigenvalue weighted by molar-refractivity contribution is 7.78. The zero-order valence-corrected chi connectivity index (χ0v) is 63.5. The Kier molecular flexibility index (Phi) is 28.7. The van der Waals surface area contributed by atoms with Crippen molar-refractivity contribution in [3.63, 3.8) is 0 Å². The highest BCUT2D eigenvalue weighted by atomic mass is 32.1. The molecular formula is C80H69N6O24P3S. The largest absolute Gasteiger partial charge is 0.482 e. The van der Waals surface area contributed by atoms with E-state index in [2.05, 4.69) is 50.6 Å². The summed E-state index contributed by atoms with van der Waals surface area (Å²) in [7, 11) is -13.5. The van der Waals surface area contributed by atoms with Gasteiger partial charge in [-0.05, 0) is 121 Å². The third-order valence-electron chi connectivity index (χ3n) is 16.6. The van der Waals surface area contributed by atoms with Gasteiger partial charge in [0.1, 0.15) is 56.5 Å². The van der Waals surface area contributed by atoms with Crippen molar-refractivity contribution in [2.24, 2.45) is 4.99 Å². The van der Waals surface area contributed by atoms with Crippen molar-refractivity contribution in [2.45, 2.75) is 19.6 Å². The third kappa shape index (κ3) is 24.0. The predicted molar refractivity (Wildman–Crippen MR) is 418 cm³/mol. The van der Waals surface area contributed by atoms with E-state index in [1.54, 1.807) is 109 Å². The van der Waals surface area contributed by atoms with E-state index in [-0.39, 0.29) is 159 Å². The van der Waals surface area contributed by atoms with Crippen LogP contribution < -0.4 is 60.5 Å². The molecule has 3 atom stereocenters. The highest BCUT2D eigenvalue weighted by Gasteiger charge is 2.31. The summed E-state index contributed by atoms with van der Waals surface area (Å²) in [5.41, 5.74) is 1.49. The minimum Gasteiger partial charge on any atom is -0.482 e. The van der Waals surface area contributed by atoms with Gasteiger partial charge in [-0.1, -0.05) is 90.1 Å².